The van der Waals surface area contributed by atoms with Gasteiger partial charge < -0.3 is 4.74 Å². The minimum absolute atomic E-state index is 0.0395. The summed E-state index contributed by atoms with van der Waals surface area (Å²) in [5, 5.41) is 0. The van der Waals surface area contributed by atoms with Gasteiger partial charge in [-0.2, -0.15) is 0 Å². The molecule has 1 unspecified atom stereocenters. The van der Waals surface area contributed by atoms with Crippen LogP contribution in [0.5, 0.6) is 5.75 Å². The Morgan fingerprint density at radius 2 is 2.00 bits per heavy atom. The van der Waals surface area contributed by atoms with Crippen molar-refractivity contribution in [3.63, 3.8) is 0 Å². The molecule has 0 saturated heterocycles. The third-order valence-corrected chi connectivity index (χ3v) is 4.09. The maximum Gasteiger partial charge on any atom is 0.127 e. The minimum atomic E-state index is -0.0395. The lowest BCUT2D eigenvalue weighted by molar-refractivity contribution is 0.350. The first-order valence-corrected chi connectivity index (χ1v) is 6.98. The zero-order valence-corrected chi connectivity index (χ0v) is 11.9. The van der Waals surface area contributed by atoms with Crippen molar-refractivity contribution in [1.82, 2.24) is 5.43 Å². The van der Waals surface area contributed by atoms with Crippen molar-refractivity contribution in [2.45, 2.75) is 26.3 Å². The SMILES string of the molecule is Cc1ccc(C(NN)c2cccc3c2OCC3)cc1C. The molecule has 1 aliphatic heterocycles. The van der Waals surface area contributed by atoms with Gasteiger partial charge in [0.1, 0.15) is 5.75 Å². The second kappa shape index (κ2) is 5.27. The summed E-state index contributed by atoms with van der Waals surface area (Å²) in [4.78, 5) is 0. The molecule has 0 spiro atoms. The molecule has 1 heterocycles. The molecule has 0 radical (unpaired) electrons. The number of rotatable bonds is 3. The second-order valence-corrected chi connectivity index (χ2v) is 5.38. The van der Waals surface area contributed by atoms with Gasteiger partial charge >= 0.3 is 0 Å². The summed E-state index contributed by atoms with van der Waals surface area (Å²) in [6, 6.07) is 12.7. The lowest BCUT2D eigenvalue weighted by Crippen LogP contribution is -2.29. The van der Waals surface area contributed by atoms with Crippen molar-refractivity contribution in [2.24, 2.45) is 5.84 Å². The van der Waals surface area contributed by atoms with Crippen molar-refractivity contribution in [2.75, 3.05) is 6.61 Å². The number of hydrazine groups is 1. The summed E-state index contributed by atoms with van der Waals surface area (Å²) in [7, 11) is 0. The van der Waals surface area contributed by atoms with E-state index < -0.39 is 0 Å². The molecule has 3 heteroatoms. The molecule has 1 atom stereocenters. The number of benzene rings is 2. The molecule has 2 aromatic rings. The van der Waals surface area contributed by atoms with Gasteiger partial charge in [-0.3, -0.25) is 5.84 Å². The topological polar surface area (TPSA) is 47.3 Å². The molecule has 3 nitrogen and oxygen atoms in total. The van der Waals surface area contributed by atoms with E-state index in [1.165, 1.54) is 22.3 Å². The Morgan fingerprint density at radius 3 is 2.75 bits per heavy atom. The van der Waals surface area contributed by atoms with Gasteiger partial charge in [-0.15, -0.1) is 0 Å². The van der Waals surface area contributed by atoms with E-state index in [0.717, 1.165) is 24.3 Å². The van der Waals surface area contributed by atoms with Gasteiger partial charge in [-0.1, -0.05) is 36.4 Å². The third-order valence-electron chi connectivity index (χ3n) is 4.09. The normalized spacial score (nSPS) is 14.8. The van der Waals surface area contributed by atoms with E-state index >= 15 is 0 Å². The Bertz CT molecular complexity index is 637. The standard InChI is InChI=1S/C17H20N2O/c1-11-6-7-14(10-12(11)2)16(19-18)15-5-3-4-13-8-9-20-17(13)15/h3-7,10,16,19H,8-9,18H2,1-2H3. The van der Waals surface area contributed by atoms with Gasteiger partial charge in [0.2, 0.25) is 0 Å². The van der Waals surface area contributed by atoms with E-state index in [9.17, 15) is 0 Å². The molecule has 104 valence electrons. The first kappa shape index (κ1) is 13.2. The van der Waals surface area contributed by atoms with Crippen molar-refractivity contribution in [1.29, 1.82) is 0 Å². The van der Waals surface area contributed by atoms with Crippen LogP contribution in [0.3, 0.4) is 0 Å². The van der Waals surface area contributed by atoms with Crippen LogP contribution in [0.25, 0.3) is 0 Å². The van der Waals surface area contributed by atoms with Gasteiger partial charge in [-0.25, -0.2) is 5.43 Å². The summed E-state index contributed by atoms with van der Waals surface area (Å²) in [6.45, 7) is 5.00. The van der Waals surface area contributed by atoms with Crippen LogP contribution in [-0.4, -0.2) is 6.61 Å². The zero-order valence-electron chi connectivity index (χ0n) is 11.9. The Labute approximate surface area is 119 Å². The highest BCUT2D eigenvalue weighted by Gasteiger charge is 2.22. The summed E-state index contributed by atoms with van der Waals surface area (Å²) in [6.07, 6.45) is 0.980. The number of aryl methyl sites for hydroxylation is 2. The van der Waals surface area contributed by atoms with Crippen molar-refractivity contribution < 1.29 is 4.74 Å². The quantitative estimate of drug-likeness (QED) is 0.664. The Kier molecular flexibility index (Phi) is 3.47. The lowest BCUT2D eigenvalue weighted by Gasteiger charge is -2.20. The van der Waals surface area contributed by atoms with Gasteiger partial charge in [0.25, 0.3) is 0 Å². The number of para-hydroxylation sites is 1. The molecule has 0 amide bonds. The predicted octanol–water partition coefficient (Wildman–Crippen LogP) is 2.79. The van der Waals surface area contributed by atoms with Crippen LogP contribution in [0.2, 0.25) is 0 Å². The van der Waals surface area contributed by atoms with E-state index in [-0.39, 0.29) is 6.04 Å². The Balaban J connectivity index is 2.06. The molecule has 0 aliphatic carbocycles. The van der Waals surface area contributed by atoms with Crippen LogP contribution in [0.4, 0.5) is 0 Å². The molecular formula is C17H20N2O. The van der Waals surface area contributed by atoms with Crippen molar-refractivity contribution in [3.8, 4) is 5.75 Å². The number of nitrogens with one attached hydrogen (secondary N) is 1. The van der Waals surface area contributed by atoms with Gasteiger partial charge in [0.15, 0.2) is 0 Å². The number of nitrogens with two attached hydrogens (primary N) is 1. The molecule has 1 aliphatic rings. The van der Waals surface area contributed by atoms with Crippen LogP contribution >= 0.6 is 0 Å². The summed E-state index contributed by atoms with van der Waals surface area (Å²) in [5.41, 5.74) is 9.05. The fourth-order valence-electron chi connectivity index (χ4n) is 2.78. The molecule has 0 saturated carbocycles. The average Bonchev–Trinajstić information content (AvgIpc) is 2.93. The fraction of sp³-hybridized carbons (Fsp3) is 0.294. The molecule has 3 N–H and O–H groups in total. The molecule has 0 bridgehead atoms. The number of hydrogen-bond acceptors (Lipinski definition) is 3. The molecule has 20 heavy (non-hydrogen) atoms. The Hall–Kier alpha value is -1.84. The molecule has 3 rings (SSSR count). The van der Waals surface area contributed by atoms with Crippen molar-refractivity contribution >= 4 is 0 Å². The maximum atomic E-state index is 5.81. The lowest BCUT2D eigenvalue weighted by atomic mass is 9.94. The third kappa shape index (κ3) is 2.19. The highest BCUT2D eigenvalue weighted by molar-refractivity contribution is 5.49. The van der Waals surface area contributed by atoms with Crippen LogP contribution in [-0.2, 0) is 6.42 Å². The van der Waals surface area contributed by atoms with E-state index in [0.29, 0.717) is 0 Å². The van der Waals surface area contributed by atoms with Gasteiger partial charge in [-0.05, 0) is 36.1 Å². The monoisotopic (exact) mass is 268 g/mol. The molecule has 0 aromatic heterocycles. The average molecular weight is 268 g/mol. The van der Waals surface area contributed by atoms with E-state index in [4.69, 9.17) is 10.6 Å². The van der Waals surface area contributed by atoms with E-state index in [1.54, 1.807) is 0 Å². The van der Waals surface area contributed by atoms with Gasteiger partial charge in [0, 0.05) is 12.0 Å². The van der Waals surface area contributed by atoms with Crippen LogP contribution in [0.15, 0.2) is 36.4 Å². The minimum Gasteiger partial charge on any atom is -0.493 e. The molecule has 2 aromatic carbocycles. The maximum absolute atomic E-state index is 5.81. The second-order valence-electron chi connectivity index (χ2n) is 5.38. The predicted molar refractivity (Wildman–Crippen MR) is 80.7 cm³/mol. The van der Waals surface area contributed by atoms with Gasteiger partial charge in [0.05, 0.1) is 12.6 Å². The van der Waals surface area contributed by atoms with Crippen molar-refractivity contribution in [3.05, 3.63) is 64.2 Å². The highest BCUT2D eigenvalue weighted by atomic mass is 16.5. The summed E-state index contributed by atoms with van der Waals surface area (Å²) >= 11 is 0. The molecule has 0 fully saturated rings. The summed E-state index contributed by atoms with van der Waals surface area (Å²) in [5.74, 6) is 6.81. The van der Waals surface area contributed by atoms with Crippen LogP contribution < -0.4 is 16.0 Å². The van der Waals surface area contributed by atoms with E-state index in [1.807, 2.05) is 0 Å². The fourth-order valence-corrected chi connectivity index (χ4v) is 2.78. The Morgan fingerprint density at radius 1 is 1.15 bits per heavy atom. The smallest absolute Gasteiger partial charge is 0.127 e. The zero-order chi connectivity index (χ0) is 14.1. The van der Waals surface area contributed by atoms with E-state index in [2.05, 4.69) is 55.7 Å². The number of hydrogen-bond donors (Lipinski definition) is 2. The molecular weight excluding hydrogens is 248 g/mol. The number of ether oxygens (including phenoxy) is 1. The first-order valence-electron chi connectivity index (χ1n) is 6.98. The van der Waals surface area contributed by atoms with Crippen LogP contribution in [0.1, 0.15) is 33.9 Å². The first-order chi connectivity index (χ1) is 9.70. The summed E-state index contributed by atoms with van der Waals surface area (Å²) < 4.78 is 5.79. The highest BCUT2D eigenvalue weighted by Crippen LogP contribution is 2.36. The van der Waals surface area contributed by atoms with Crippen LogP contribution in [0, 0.1) is 13.8 Å². The largest absolute Gasteiger partial charge is 0.493 e. The number of fused-ring (bicyclic) bond motifs is 1.